The highest BCUT2D eigenvalue weighted by Crippen LogP contribution is 2.30. The number of benzene rings is 1. The fourth-order valence-electron chi connectivity index (χ4n) is 3.26. The van der Waals surface area contributed by atoms with Gasteiger partial charge in [0, 0.05) is 17.0 Å². The van der Waals surface area contributed by atoms with Gasteiger partial charge in [-0.3, -0.25) is 4.79 Å². The number of halogens is 1. The van der Waals surface area contributed by atoms with Crippen molar-refractivity contribution >= 4 is 17.5 Å². The number of aryl methyl sites for hydroxylation is 1. The number of fused-ring (bicyclic) bond motifs is 1. The number of carbonyl (C=O) groups is 1. The first-order chi connectivity index (χ1) is 12.1. The van der Waals surface area contributed by atoms with Crippen molar-refractivity contribution in [3.63, 3.8) is 0 Å². The Labute approximate surface area is 149 Å². The minimum atomic E-state index is -0.232. The molecule has 2 heterocycles. The number of carbonyl (C=O) groups excluding carboxylic acids is 1. The lowest BCUT2D eigenvalue weighted by Gasteiger charge is -2.22. The van der Waals surface area contributed by atoms with Crippen molar-refractivity contribution in [3.8, 4) is 5.69 Å². The molecule has 0 aliphatic heterocycles. The maximum absolute atomic E-state index is 12.7. The molecular weight excluding hydrogens is 340 g/mol. The quantitative estimate of drug-likeness (QED) is 0.777. The number of amides is 1. The van der Waals surface area contributed by atoms with E-state index in [1.807, 2.05) is 25.1 Å². The third kappa shape index (κ3) is 2.93. The molecule has 1 aromatic carbocycles. The Hall–Kier alpha value is -2.60. The Morgan fingerprint density at radius 3 is 3.12 bits per heavy atom. The van der Waals surface area contributed by atoms with Crippen LogP contribution in [0.25, 0.3) is 5.69 Å². The zero-order chi connectivity index (χ0) is 17.4. The van der Waals surface area contributed by atoms with E-state index in [0.29, 0.717) is 16.4 Å². The third-order valence-corrected chi connectivity index (χ3v) is 4.75. The molecule has 1 amide bonds. The van der Waals surface area contributed by atoms with Gasteiger partial charge in [-0.15, -0.1) is 5.10 Å². The Kier molecular flexibility index (Phi) is 4.05. The fourth-order valence-corrected chi connectivity index (χ4v) is 3.44. The van der Waals surface area contributed by atoms with Crippen molar-refractivity contribution in [2.75, 3.05) is 0 Å². The molecule has 3 aromatic rings. The van der Waals surface area contributed by atoms with Crippen molar-refractivity contribution in [1.29, 1.82) is 0 Å². The highest BCUT2D eigenvalue weighted by molar-refractivity contribution is 6.30. The molecule has 0 bridgehead atoms. The van der Waals surface area contributed by atoms with Gasteiger partial charge in [-0.05, 0) is 44.0 Å². The van der Waals surface area contributed by atoms with Gasteiger partial charge in [-0.2, -0.15) is 0 Å². The average molecular weight is 357 g/mol. The van der Waals surface area contributed by atoms with Gasteiger partial charge >= 0.3 is 0 Å². The van der Waals surface area contributed by atoms with Crippen LogP contribution in [0, 0.1) is 6.92 Å². The maximum Gasteiger partial charge on any atom is 0.274 e. The predicted octanol–water partition coefficient (Wildman–Crippen LogP) is 3.63. The second-order valence-electron chi connectivity index (χ2n) is 6.13. The van der Waals surface area contributed by atoms with Crippen LogP contribution >= 0.6 is 11.6 Å². The largest absolute Gasteiger partial charge is 0.469 e. The molecule has 0 fully saturated rings. The molecule has 0 spiro atoms. The summed E-state index contributed by atoms with van der Waals surface area (Å²) in [6.45, 7) is 1.82. The first-order valence-electron chi connectivity index (χ1n) is 8.19. The van der Waals surface area contributed by atoms with Crippen LogP contribution in [0.2, 0.25) is 5.02 Å². The van der Waals surface area contributed by atoms with Crippen LogP contribution in [0.5, 0.6) is 0 Å². The fraction of sp³-hybridized carbons (Fsp3) is 0.278. The van der Waals surface area contributed by atoms with Crippen molar-refractivity contribution in [2.24, 2.45) is 0 Å². The third-order valence-electron chi connectivity index (χ3n) is 4.52. The average Bonchev–Trinajstić information content (AvgIpc) is 3.22. The first-order valence-corrected chi connectivity index (χ1v) is 8.56. The monoisotopic (exact) mass is 356 g/mol. The lowest BCUT2D eigenvalue weighted by molar-refractivity contribution is 0.0926. The molecule has 1 aliphatic carbocycles. The van der Waals surface area contributed by atoms with Crippen LogP contribution in [-0.4, -0.2) is 20.9 Å². The molecule has 4 rings (SSSR count). The van der Waals surface area contributed by atoms with Crippen LogP contribution in [0.4, 0.5) is 0 Å². The van der Waals surface area contributed by atoms with E-state index >= 15 is 0 Å². The van der Waals surface area contributed by atoms with E-state index in [9.17, 15) is 4.79 Å². The molecule has 128 valence electrons. The Morgan fingerprint density at radius 1 is 1.40 bits per heavy atom. The Morgan fingerprint density at radius 2 is 2.28 bits per heavy atom. The summed E-state index contributed by atoms with van der Waals surface area (Å²) in [4.78, 5) is 12.7. The van der Waals surface area contributed by atoms with Crippen LogP contribution in [0.15, 0.2) is 41.0 Å². The summed E-state index contributed by atoms with van der Waals surface area (Å²) in [7, 11) is 0. The predicted molar refractivity (Wildman–Crippen MR) is 93.0 cm³/mol. The topological polar surface area (TPSA) is 73.0 Å². The molecule has 1 atom stereocenters. The number of rotatable bonds is 3. The highest BCUT2D eigenvalue weighted by atomic mass is 35.5. The van der Waals surface area contributed by atoms with Crippen molar-refractivity contribution in [2.45, 2.75) is 32.2 Å². The summed E-state index contributed by atoms with van der Waals surface area (Å²) in [5.41, 5.74) is 2.81. The summed E-state index contributed by atoms with van der Waals surface area (Å²) >= 11 is 6.03. The molecule has 1 N–H and O–H groups in total. The van der Waals surface area contributed by atoms with E-state index in [2.05, 4.69) is 15.6 Å². The van der Waals surface area contributed by atoms with E-state index in [0.717, 1.165) is 36.3 Å². The molecule has 0 saturated heterocycles. The molecule has 1 aliphatic rings. The normalized spacial score (nSPS) is 16.5. The van der Waals surface area contributed by atoms with Crippen LogP contribution in [0.1, 0.15) is 46.4 Å². The van der Waals surface area contributed by atoms with Gasteiger partial charge in [0.15, 0.2) is 5.69 Å². The Balaban J connectivity index is 1.58. The minimum Gasteiger partial charge on any atom is -0.469 e. The van der Waals surface area contributed by atoms with Gasteiger partial charge in [-0.25, -0.2) is 4.68 Å². The number of nitrogens with zero attached hydrogens (tertiary/aromatic N) is 3. The lowest BCUT2D eigenvalue weighted by atomic mass is 9.93. The zero-order valence-electron chi connectivity index (χ0n) is 13.7. The van der Waals surface area contributed by atoms with Gasteiger partial charge in [-0.1, -0.05) is 22.9 Å². The number of hydrogen-bond acceptors (Lipinski definition) is 4. The first kappa shape index (κ1) is 15.9. The lowest BCUT2D eigenvalue weighted by Crippen LogP contribution is -2.31. The van der Waals surface area contributed by atoms with E-state index in [1.54, 1.807) is 23.1 Å². The van der Waals surface area contributed by atoms with Gasteiger partial charge in [0.05, 0.1) is 23.7 Å². The molecule has 25 heavy (non-hydrogen) atoms. The molecule has 0 radical (unpaired) electrons. The van der Waals surface area contributed by atoms with Gasteiger partial charge < -0.3 is 9.73 Å². The molecule has 6 nitrogen and oxygen atoms in total. The molecule has 7 heteroatoms. The summed E-state index contributed by atoms with van der Waals surface area (Å²) in [6, 6.07) is 9.15. The van der Waals surface area contributed by atoms with Gasteiger partial charge in [0.1, 0.15) is 5.76 Å². The SMILES string of the molecule is Cc1c(C(=O)N[C@H]2CCCc3occc32)nnn1-c1cccc(Cl)c1. The molecular formula is C18H17ClN4O2. The second-order valence-corrected chi connectivity index (χ2v) is 6.57. The maximum atomic E-state index is 12.7. The number of aromatic nitrogens is 3. The van der Waals surface area contributed by atoms with Crippen molar-refractivity contribution in [1.82, 2.24) is 20.3 Å². The van der Waals surface area contributed by atoms with E-state index in [4.69, 9.17) is 16.0 Å². The Bertz CT molecular complexity index is 931. The van der Waals surface area contributed by atoms with Crippen LogP contribution in [-0.2, 0) is 6.42 Å². The molecule has 0 unspecified atom stereocenters. The van der Waals surface area contributed by atoms with Crippen LogP contribution in [0.3, 0.4) is 0 Å². The number of nitrogens with one attached hydrogen (secondary N) is 1. The summed E-state index contributed by atoms with van der Waals surface area (Å²) in [6.07, 6.45) is 4.47. The minimum absolute atomic E-state index is 0.0503. The molecule has 0 saturated carbocycles. The van der Waals surface area contributed by atoms with Crippen molar-refractivity contribution in [3.05, 3.63) is 64.3 Å². The zero-order valence-corrected chi connectivity index (χ0v) is 14.5. The summed E-state index contributed by atoms with van der Waals surface area (Å²) in [5.74, 6) is 0.723. The highest BCUT2D eigenvalue weighted by Gasteiger charge is 2.26. The molecule has 2 aromatic heterocycles. The van der Waals surface area contributed by atoms with Crippen molar-refractivity contribution < 1.29 is 9.21 Å². The summed E-state index contributed by atoms with van der Waals surface area (Å²) in [5, 5.41) is 11.8. The van der Waals surface area contributed by atoms with E-state index < -0.39 is 0 Å². The summed E-state index contributed by atoms with van der Waals surface area (Å²) < 4.78 is 7.09. The number of furan rings is 1. The van der Waals surface area contributed by atoms with Gasteiger partial charge in [0.2, 0.25) is 0 Å². The van der Waals surface area contributed by atoms with Gasteiger partial charge in [0.25, 0.3) is 5.91 Å². The standard InChI is InChI=1S/C18H17ClN4O2/c1-11-17(21-22-23(11)13-5-2-4-12(19)10-13)18(24)20-15-6-3-7-16-14(15)8-9-25-16/h2,4-5,8-10,15H,3,6-7H2,1H3,(H,20,24)/t15-/m0/s1. The van der Waals surface area contributed by atoms with E-state index in [-0.39, 0.29) is 11.9 Å². The van der Waals surface area contributed by atoms with E-state index in [1.165, 1.54) is 0 Å². The smallest absolute Gasteiger partial charge is 0.274 e. The second kappa shape index (κ2) is 6.37. The van der Waals surface area contributed by atoms with Crippen LogP contribution < -0.4 is 5.32 Å². The number of hydrogen-bond donors (Lipinski definition) is 1.